The normalized spacial score (nSPS) is 16.8. The van der Waals surface area contributed by atoms with Gasteiger partial charge in [0.2, 0.25) is 5.91 Å². The summed E-state index contributed by atoms with van der Waals surface area (Å²) < 4.78 is 5.58. The summed E-state index contributed by atoms with van der Waals surface area (Å²) in [5.74, 6) is -1.71. The number of rotatable bonds is 7. The second kappa shape index (κ2) is 8.89. The second-order valence-corrected chi connectivity index (χ2v) is 9.93. The van der Waals surface area contributed by atoms with Crippen molar-refractivity contribution in [3.8, 4) is 11.1 Å². The van der Waals surface area contributed by atoms with Crippen molar-refractivity contribution in [3.63, 3.8) is 0 Å². The number of alkyl carbamates (subject to hydrolysis) is 1. The maximum Gasteiger partial charge on any atom is 0.407 e. The molecular formula is C26H30N2O5. The number of carbonyl (C=O) groups excluding carboxylic acids is 2. The highest BCUT2D eigenvalue weighted by Gasteiger charge is 2.41. The highest BCUT2D eigenvalue weighted by Crippen LogP contribution is 2.44. The molecule has 0 heterocycles. The van der Waals surface area contributed by atoms with Crippen molar-refractivity contribution < 1.29 is 24.2 Å². The first-order valence-electron chi connectivity index (χ1n) is 11.3. The van der Waals surface area contributed by atoms with Gasteiger partial charge in [-0.2, -0.15) is 0 Å². The average molecular weight is 451 g/mol. The summed E-state index contributed by atoms with van der Waals surface area (Å²) in [6, 6.07) is 14.2. The minimum Gasteiger partial charge on any atom is -0.480 e. The molecular weight excluding hydrogens is 420 g/mol. The first kappa shape index (κ1) is 22.8. The summed E-state index contributed by atoms with van der Waals surface area (Å²) in [5, 5.41) is 14.7. The van der Waals surface area contributed by atoms with E-state index in [4.69, 9.17) is 4.74 Å². The first-order valence-corrected chi connectivity index (χ1v) is 11.3. The largest absolute Gasteiger partial charge is 0.480 e. The van der Waals surface area contributed by atoms with Gasteiger partial charge >= 0.3 is 12.1 Å². The molecule has 174 valence electrons. The molecule has 2 aliphatic rings. The maximum absolute atomic E-state index is 12.9. The van der Waals surface area contributed by atoms with Gasteiger partial charge in [-0.15, -0.1) is 0 Å². The highest BCUT2D eigenvalue weighted by molar-refractivity contribution is 5.90. The summed E-state index contributed by atoms with van der Waals surface area (Å²) in [6.07, 6.45) is 0.847. The van der Waals surface area contributed by atoms with Gasteiger partial charge in [0.25, 0.3) is 0 Å². The van der Waals surface area contributed by atoms with Crippen LogP contribution in [0.3, 0.4) is 0 Å². The van der Waals surface area contributed by atoms with Crippen LogP contribution in [0.4, 0.5) is 4.79 Å². The maximum atomic E-state index is 12.9. The van der Waals surface area contributed by atoms with Crippen molar-refractivity contribution in [2.24, 2.45) is 11.3 Å². The first-order chi connectivity index (χ1) is 15.7. The Morgan fingerprint density at radius 1 is 0.970 bits per heavy atom. The van der Waals surface area contributed by atoms with Crippen molar-refractivity contribution in [1.82, 2.24) is 10.6 Å². The van der Waals surface area contributed by atoms with Crippen LogP contribution >= 0.6 is 0 Å². The average Bonchev–Trinajstić information content (AvgIpc) is 3.55. The number of benzene rings is 2. The molecule has 0 radical (unpaired) electrons. The molecule has 2 aromatic carbocycles. The van der Waals surface area contributed by atoms with Crippen LogP contribution in [0, 0.1) is 11.3 Å². The quantitative estimate of drug-likeness (QED) is 0.593. The summed E-state index contributed by atoms with van der Waals surface area (Å²) in [6.45, 7) is 5.58. The molecule has 3 N–H and O–H groups in total. The Morgan fingerprint density at radius 3 is 2.00 bits per heavy atom. The second-order valence-electron chi connectivity index (χ2n) is 9.93. The van der Waals surface area contributed by atoms with E-state index < -0.39 is 35.5 Å². The van der Waals surface area contributed by atoms with E-state index in [1.54, 1.807) is 0 Å². The summed E-state index contributed by atoms with van der Waals surface area (Å²) in [5.41, 5.74) is 3.83. The summed E-state index contributed by atoms with van der Waals surface area (Å²) >= 11 is 0. The molecule has 0 aromatic heterocycles. The molecule has 2 unspecified atom stereocenters. The van der Waals surface area contributed by atoms with Crippen molar-refractivity contribution in [2.75, 3.05) is 6.61 Å². The molecule has 2 amide bonds. The number of carbonyl (C=O) groups is 3. The monoisotopic (exact) mass is 450 g/mol. The Labute approximate surface area is 193 Å². The summed E-state index contributed by atoms with van der Waals surface area (Å²) in [7, 11) is 0. The van der Waals surface area contributed by atoms with Crippen LogP contribution in [-0.4, -0.2) is 41.8 Å². The zero-order valence-corrected chi connectivity index (χ0v) is 19.1. The van der Waals surface area contributed by atoms with Gasteiger partial charge in [0.15, 0.2) is 0 Å². The number of carboxylic acid groups (broad SMARTS) is 1. The van der Waals surface area contributed by atoms with Gasteiger partial charge in [0, 0.05) is 5.92 Å². The Kier molecular flexibility index (Phi) is 6.15. The van der Waals surface area contributed by atoms with E-state index >= 15 is 0 Å². The Morgan fingerprint density at radius 2 is 1.52 bits per heavy atom. The van der Waals surface area contributed by atoms with E-state index in [0.717, 1.165) is 35.1 Å². The van der Waals surface area contributed by atoms with E-state index in [9.17, 15) is 19.5 Å². The predicted molar refractivity (Wildman–Crippen MR) is 124 cm³/mol. The molecule has 33 heavy (non-hydrogen) atoms. The number of carboxylic acids is 1. The smallest absolute Gasteiger partial charge is 0.407 e. The van der Waals surface area contributed by atoms with Gasteiger partial charge in [0.05, 0.1) is 0 Å². The third-order valence-electron chi connectivity index (χ3n) is 6.39. The zero-order valence-electron chi connectivity index (χ0n) is 19.1. The molecule has 0 aliphatic heterocycles. The van der Waals surface area contributed by atoms with Gasteiger partial charge in [-0.1, -0.05) is 69.3 Å². The molecule has 7 heteroatoms. The van der Waals surface area contributed by atoms with Crippen molar-refractivity contribution >= 4 is 18.0 Å². The standard InChI is InChI=1S/C26H30N2O5/c1-26(2,3)22(23(29)27-21(24(30)31)15-12-13-15)28-25(32)33-14-20-18-10-6-4-8-16(18)17-9-5-7-11-19(17)20/h4-11,15,20-22H,12-14H2,1-3H3,(H,27,29)(H,28,32)(H,30,31). The van der Waals surface area contributed by atoms with Crippen LogP contribution in [-0.2, 0) is 14.3 Å². The topological polar surface area (TPSA) is 105 Å². The molecule has 1 fully saturated rings. The molecule has 2 atom stereocenters. The number of hydrogen-bond acceptors (Lipinski definition) is 4. The molecule has 0 saturated heterocycles. The van der Waals surface area contributed by atoms with Gasteiger partial charge in [-0.25, -0.2) is 9.59 Å². The molecule has 1 saturated carbocycles. The molecule has 0 spiro atoms. The fraction of sp³-hybridized carbons (Fsp3) is 0.423. The van der Waals surface area contributed by atoms with Crippen LogP contribution in [0.2, 0.25) is 0 Å². The van der Waals surface area contributed by atoms with Crippen LogP contribution in [0.1, 0.15) is 50.7 Å². The van der Waals surface area contributed by atoms with Gasteiger partial charge < -0.3 is 20.5 Å². The van der Waals surface area contributed by atoms with Gasteiger partial charge in [-0.3, -0.25) is 4.79 Å². The van der Waals surface area contributed by atoms with Crippen molar-refractivity contribution in [2.45, 2.75) is 51.6 Å². The lowest BCUT2D eigenvalue weighted by Crippen LogP contribution is -2.57. The highest BCUT2D eigenvalue weighted by atomic mass is 16.5. The fourth-order valence-electron chi connectivity index (χ4n) is 4.48. The number of fused-ring (bicyclic) bond motifs is 3. The number of amides is 2. The molecule has 0 bridgehead atoms. The molecule has 7 nitrogen and oxygen atoms in total. The van der Waals surface area contributed by atoms with E-state index in [1.807, 2.05) is 57.2 Å². The van der Waals surface area contributed by atoms with Crippen LogP contribution in [0.25, 0.3) is 11.1 Å². The minimum absolute atomic E-state index is 0.0541. The third kappa shape index (κ3) is 4.87. The van der Waals surface area contributed by atoms with E-state index in [2.05, 4.69) is 22.8 Å². The number of nitrogens with one attached hydrogen (secondary N) is 2. The van der Waals surface area contributed by atoms with E-state index in [1.165, 1.54) is 0 Å². The predicted octanol–water partition coefficient (Wildman–Crippen LogP) is 3.92. The summed E-state index contributed by atoms with van der Waals surface area (Å²) in [4.78, 5) is 37.2. The number of ether oxygens (including phenoxy) is 1. The molecule has 2 aromatic rings. The number of hydrogen-bond donors (Lipinski definition) is 3. The molecule has 2 aliphatic carbocycles. The van der Waals surface area contributed by atoms with Crippen molar-refractivity contribution in [3.05, 3.63) is 59.7 Å². The van der Waals surface area contributed by atoms with Gasteiger partial charge in [-0.05, 0) is 46.4 Å². The van der Waals surface area contributed by atoms with Crippen LogP contribution in [0.5, 0.6) is 0 Å². The Balaban J connectivity index is 1.43. The minimum atomic E-state index is -1.06. The Bertz CT molecular complexity index is 1020. The van der Waals surface area contributed by atoms with E-state index in [-0.39, 0.29) is 18.4 Å². The fourth-order valence-corrected chi connectivity index (χ4v) is 4.48. The Hall–Kier alpha value is -3.35. The van der Waals surface area contributed by atoms with Gasteiger partial charge in [0.1, 0.15) is 18.7 Å². The van der Waals surface area contributed by atoms with Crippen molar-refractivity contribution in [1.29, 1.82) is 0 Å². The zero-order chi connectivity index (χ0) is 23.8. The lowest BCUT2D eigenvalue weighted by Gasteiger charge is -2.31. The molecule has 4 rings (SSSR count). The van der Waals surface area contributed by atoms with Crippen LogP contribution < -0.4 is 10.6 Å². The lowest BCUT2D eigenvalue weighted by atomic mass is 9.86. The van der Waals surface area contributed by atoms with E-state index in [0.29, 0.717) is 0 Å². The SMILES string of the molecule is CC(C)(C)C(NC(=O)OCC1c2ccccc2-c2ccccc21)C(=O)NC(C(=O)O)C1CC1. The lowest BCUT2D eigenvalue weighted by molar-refractivity contribution is -0.143. The number of aliphatic carboxylic acids is 1. The van der Waals surface area contributed by atoms with Crippen LogP contribution in [0.15, 0.2) is 48.5 Å². The third-order valence-corrected chi connectivity index (χ3v) is 6.39.